The van der Waals surface area contributed by atoms with Crippen LogP contribution in [-0.4, -0.2) is 48.4 Å². The van der Waals surface area contributed by atoms with Crippen LogP contribution in [0.3, 0.4) is 0 Å². The molecule has 1 aromatic heterocycles. The van der Waals surface area contributed by atoms with Crippen LogP contribution in [0.15, 0.2) is 6.33 Å². The molecule has 1 N–H and O–H groups in total. The fraction of sp³-hybridized carbons (Fsp3) is 0.714. The molecule has 20 heavy (non-hydrogen) atoms. The first-order valence-electron chi connectivity index (χ1n) is 7.36. The van der Waals surface area contributed by atoms with Gasteiger partial charge in [-0.3, -0.25) is 0 Å². The van der Waals surface area contributed by atoms with E-state index in [1.807, 2.05) is 11.8 Å². The van der Waals surface area contributed by atoms with Gasteiger partial charge in [-0.25, -0.2) is 14.4 Å². The number of hydrogen-bond acceptors (Lipinski definition) is 5. The van der Waals surface area contributed by atoms with Crippen molar-refractivity contribution in [3.8, 4) is 0 Å². The van der Waals surface area contributed by atoms with Crippen LogP contribution >= 0.6 is 0 Å². The third-order valence-corrected chi connectivity index (χ3v) is 3.90. The van der Waals surface area contributed by atoms with Crippen LogP contribution in [0.1, 0.15) is 25.5 Å². The van der Waals surface area contributed by atoms with Gasteiger partial charge in [0.2, 0.25) is 0 Å². The normalized spacial score (nSPS) is 23.1. The number of nitrogens with zero attached hydrogens (tertiary/aromatic N) is 3. The minimum absolute atomic E-state index is 0.137. The summed E-state index contributed by atoms with van der Waals surface area (Å²) in [4.78, 5) is 10.2. The van der Waals surface area contributed by atoms with Crippen molar-refractivity contribution < 1.29 is 9.13 Å². The van der Waals surface area contributed by atoms with E-state index in [1.165, 1.54) is 19.2 Å². The molecule has 1 aromatic rings. The van der Waals surface area contributed by atoms with E-state index < -0.39 is 0 Å². The Morgan fingerprint density at radius 3 is 3.05 bits per heavy atom. The lowest BCUT2D eigenvalue weighted by Crippen LogP contribution is -2.51. The number of hydrogen-bond donors (Lipinski definition) is 1. The van der Waals surface area contributed by atoms with E-state index in [4.69, 9.17) is 4.74 Å². The molecule has 2 heterocycles. The zero-order valence-electron chi connectivity index (χ0n) is 11.8. The summed E-state index contributed by atoms with van der Waals surface area (Å²) in [5, 5.41) is 3.49. The molecule has 0 radical (unpaired) electrons. The summed E-state index contributed by atoms with van der Waals surface area (Å²) in [5.41, 5.74) is 0.482. The number of aryl methyl sites for hydroxylation is 1. The number of nitrogens with one attached hydrogen (secondary N) is 1. The lowest BCUT2D eigenvalue weighted by molar-refractivity contribution is 0.0928. The number of morpholine rings is 1. The third kappa shape index (κ3) is 2.91. The van der Waals surface area contributed by atoms with Gasteiger partial charge in [0.25, 0.3) is 0 Å². The van der Waals surface area contributed by atoms with Crippen molar-refractivity contribution in [2.45, 2.75) is 38.3 Å². The molecule has 1 aliphatic carbocycles. The smallest absolute Gasteiger partial charge is 0.187 e. The second-order valence-electron chi connectivity index (χ2n) is 5.42. The molecule has 1 unspecified atom stereocenters. The Bertz CT molecular complexity index is 466. The van der Waals surface area contributed by atoms with E-state index in [0.29, 0.717) is 43.7 Å². The van der Waals surface area contributed by atoms with Gasteiger partial charge in [0, 0.05) is 19.1 Å². The Labute approximate surface area is 118 Å². The zero-order valence-corrected chi connectivity index (χ0v) is 11.8. The van der Waals surface area contributed by atoms with E-state index in [-0.39, 0.29) is 11.9 Å². The molecule has 1 saturated heterocycles. The largest absolute Gasteiger partial charge is 0.377 e. The van der Waals surface area contributed by atoms with Crippen LogP contribution in [0.5, 0.6) is 0 Å². The number of halogens is 1. The zero-order chi connectivity index (χ0) is 13.9. The highest BCUT2D eigenvalue weighted by atomic mass is 19.1. The van der Waals surface area contributed by atoms with Gasteiger partial charge >= 0.3 is 0 Å². The van der Waals surface area contributed by atoms with Crippen LogP contribution in [0.25, 0.3) is 0 Å². The second-order valence-corrected chi connectivity index (χ2v) is 5.42. The highest BCUT2D eigenvalue weighted by Crippen LogP contribution is 2.23. The summed E-state index contributed by atoms with van der Waals surface area (Å²) in [5.74, 6) is 0.135. The van der Waals surface area contributed by atoms with Crippen LogP contribution in [0, 0.1) is 5.82 Å². The number of aromatic nitrogens is 2. The molecular weight excluding hydrogens is 259 g/mol. The molecule has 110 valence electrons. The minimum atomic E-state index is -0.284. The fourth-order valence-electron chi connectivity index (χ4n) is 2.54. The van der Waals surface area contributed by atoms with Gasteiger partial charge in [0.15, 0.2) is 11.6 Å². The molecule has 0 spiro atoms. The first kappa shape index (κ1) is 13.7. The predicted octanol–water partition coefficient (Wildman–Crippen LogP) is 1.14. The van der Waals surface area contributed by atoms with Crippen molar-refractivity contribution >= 4 is 5.82 Å². The Kier molecular flexibility index (Phi) is 4.12. The van der Waals surface area contributed by atoms with Gasteiger partial charge in [0.05, 0.1) is 24.9 Å². The van der Waals surface area contributed by atoms with Crippen LogP contribution < -0.4 is 10.2 Å². The Balaban J connectivity index is 1.77. The average molecular weight is 280 g/mol. The van der Waals surface area contributed by atoms with Gasteiger partial charge in [-0.05, 0) is 19.3 Å². The summed E-state index contributed by atoms with van der Waals surface area (Å²) in [6, 6.07) is 0.777. The monoisotopic (exact) mass is 280 g/mol. The summed E-state index contributed by atoms with van der Waals surface area (Å²) in [7, 11) is 0. The van der Waals surface area contributed by atoms with E-state index in [1.54, 1.807) is 0 Å². The predicted molar refractivity (Wildman–Crippen MR) is 74.3 cm³/mol. The topological polar surface area (TPSA) is 50.3 Å². The molecule has 0 amide bonds. The Morgan fingerprint density at radius 1 is 1.45 bits per heavy atom. The highest BCUT2D eigenvalue weighted by molar-refractivity contribution is 5.43. The standard InChI is InChI=1S/C14H21FN4O/c1-2-12-13(15)14(18-9-17-12)19-5-6-20-8-11(19)7-16-10-3-4-10/h9-11,16H,2-8H2,1H3. The van der Waals surface area contributed by atoms with E-state index in [2.05, 4.69) is 15.3 Å². The van der Waals surface area contributed by atoms with E-state index in [0.717, 1.165) is 6.54 Å². The lowest BCUT2D eigenvalue weighted by atomic mass is 10.2. The fourth-order valence-corrected chi connectivity index (χ4v) is 2.54. The first-order chi connectivity index (χ1) is 9.79. The van der Waals surface area contributed by atoms with Crippen molar-refractivity contribution in [2.75, 3.05) is 31.2 Å². The lowest BCUT2D eigenvalue weighted by Gasteiger charge is -2.36. The van der Waals surface area contributed by atoms with Crippen molar-refractivity contribution in [1.29, 1.82) is 0 Å². The van der Waals surface area contributed by atoms with Crippen LogP contribution in [0.4, 0.5) is 10.2 Å². The molecule has 0 bridgehead atoms. The SMILES string of the molecule is CCc1ncnc(N2CCOCC2CNC2CC2)c1F. The molecular formula is C14H21FN4O. The van der Waals surface area contributed by atoms with Gasteiger partial charge in [-0.2, -0.15) is 0 Å². The maximum absolute atomic E-state index is 14.4. The summed E-state index contributed by atoms with van der Waals surface area (Å²) in [6.07, 6.45) is 4.53. The summed E-state index contributed by atoms with van der Waals surface area (Å²) in [6.45, 7) is 4.62. The molecule has 3 rings (SSSR count). The van der Waals surface area contributed by atoms with Crippen molar-refractivity contribution in [2.24, 2.45) is 0 Å². The Morgan fingerprint density at radius 2 is 2.30 bits per heavy atom. The van der Waals surface area contributed by atoms with Gasteiger partial charge in [-0.15, -0.1) is 0 Å². The average Bonchev–Trinajstić information content (AvgIpc) is 3.30. The molecule has 6 heteroatoms. The van der Waals surface area contributed by atoms with E-state index in [9.17, 15) is 4.39 Å². The third-order valence-electron chi connectivity index (χ3n) is 3.90. The maximum atomic E-state index is 14.4. The number of ether oxygens (including phenoxy) is 1. The molecule has 1 aliphatic heterocycles. The van der Waals surface area contributed by atoms with Crippen molar-refractivity contribution in [3.63, 3.8) is 0 Å². The van der Waals surface area contributed by atoms with Crippen LogP contribution in [-0.2, 0) is 11.2 Å². The number of rotatable bonds is 5. The van der Waals surface area contributed by atoms with Crippen molar-refractivity contribution in [3.05, 3.63) is 17.8 Å². The molecule has 1 atom stereocenters. The summed E-state index contributed by atoms with van der Waals surface area (Å²) >= 11 is 0. The van der Waals surface area contributed by atoms with Gasteiger partial charge in [0.1, 0.15) is 6.33 Å². The number of anilines is 1. The Hall–Kier alpha value is -1.27. The maximum Gasteiger partial charge on any atom is 0.187 e. The van der Waals surface area contributed by atoms with Gasteiger partial charge < -0.3 is 15.0 Å². The molecule has 5 nitrogen and oxygen atoms in total. The first-order valence-corrected chi connectivity index (χ1v) is 7.36. The molecule has 1 saturated carbocycles. The molecule has 0 aromatic carbocycles. The van der Waals surface area contributed by atoms with Crippen LogP contribution in [0.2, 0.25) is 0 Å². The minimum Gasteiger partial charge on any atom is -0.377 e. The van der Waals surface area contributed by atoms with E-state index >= 15 is 0 Å². The van der Waals surface area contributed by atoms with Gasteiger partial charge in [-0.1, -0.05) is 6.92 Å². The second kappa shape index (κ2) is 6.01. The molecule has 2 fully saturated rings. The van der Waals surface area contributed by atoms with Crippen molar-refractivity contribution in [1.82, 2.24) is 15.3 Å². The highest BCUT2D eigenvalue weighted by Gasteiger charge is 2.29. The quantitative estimate of drug-likeness (QED) is 0.876. The molecule has 2 aliphatic rings. The summed E-state index contributed by atoms with van der Waals surface area (Å²) < 4.78 is 19.9.